The number of carboxylic acids is 1. The molecule has 0 bridgehead atoms. The zero-order valence-corrected chi connectivity index (χ0v) is 10.7. The van der Waals surface area contributed by atoms with Gasteiger partial charge in [0.15, 0.2) is 5.69 Å². The monoisotopic (exact) mass is 225 g/mol. The molecule has 5 heteroatoms. The smallest absolute Gasteiger partial charge is 0.358 e. The van der Waals surface area contributed by atoms with E-state index in [0.29, 0.717) is 5.69 Å². The average Bonchev–Trinajstić information content (AvgIpc) is 2.43. The van der Waals surface area contributed by atoms with Crippen molar-refractivity contribution in [1.29, 1.82) is 0 Å². The SMILES string of the molecule is CC(C)(C)c1c(C(=O)O)nnn1C(C)(C)C. The number of aromatic carboxylic acids is 1. The minimum atomic E-state index is -1.03. The highest BCUT2D eigenvalue weighted by Gasteiger charge is 2.32. The van der Waals surface area contributed by atoms with E-state index < -0.39 is 5.97 Å². The average molecular weight is 225 g/mol. The number of carboxylic acid groups (broad SMARTS) is 1. The maximum absolute atomic E-state index is 11.1. The first-order chi connectivity index (χ1) is 7.05. The zero-order valence-electron chi connectivity index (χ0n) is 10.7. The normalized spacial score (nSPS) is 12.9. The summed E-state index contributed by atoms with van der Waals surface area (Å²) in [5.74, 6) is -1.03. The molecule has 0 unspecified atom stereocenters. The van der Waals surface area contributed by atoms with Gasteiger partial charge in [0.25, 0.3) is 0 Å². The molecule has 1 N–H and O–H groups in total. The maximum Gasteiger partial charge on any atom is 0.358 e. The first-order valence-corrected chi connectivity index (χ1v) is 5.25. The molecular weight excluding hydrogens is 206 g/mol. The highest BCUT2D eigenvalue weighted by molar-refractivity contribution is 5.86. The third-order valence-corrected chi connectivity index (χ3v) is 2.22. The van der Waals surface area contributed by atoms with E-state index in [1.165, 1.54) is 0 Å². The lowest BCUT2D eigenvalue weighted by atomic mass is 9.89. The summed E-state index contributed by atoms with van der Waals surface area (Å²) in [6.07, 6.45) is 0. The van der Waals surface area contributed by atoms with Crippen LogP contribution < -0.4 is 0 Å². The topological polar surface area (TPSA) is 68.0 Å². The molecule has 0 radical (unpaired) electrons. The second-order valence-corrected chi connectivity index (χ2v) is 5.92. The Labute approximate surface area is 95.5 Å². The lowest BCUT2D eigenvalue weighted by Gasteiger charge is -2.27. The van der Waals surface area contributed by atoms with Crippen LogP contribution in [0.15, 0.2) is 0 Å². The third-order valence-electron chi connectivity index (χ3n) is 2.22. The number of rotatable bonds is 1. The Balaban J connectivity index is 3.50. The summed E-state index contributed by atoms with van der Waals surface area (Å²) in [6.45, 7) is 11.8. The van der Waals surface area contributed by atoms with E-state index in [9.17, 15) is 4.79 Å². The number of aromatic nitrogens is 3. The molecule has 0 fully saturated rings. The Bertz CT molecular complexity index is 408. The van der Waals surface area contributed by atoms with Gasteiger partial charge in [0, 0.05) is 5.41 Å². The van der Waals surface area contributed by atoms with Crippen LogP contribution in [-0.4, -0.2) is 26.1 Å². The highest BCUT2D eigenvalue weighted by atomic mass is 16.4. The van der Waals surface area contributed by atoms with E-state index in [0.717, 1.165) is 0 Å². The first kappa shape index (κ1) is 12.7. The molecule has 1 rings (SSSR count). The van der Waals surface area contributed by atoms with Gasteiger partial charge in [0.2, 0.25) is 0 Å². The van der Waals surface area contributed by atoms with Crippen molar-refractivity contribution in [3.05, 3.63) is 11.4 Å². The van der Waals surface area contributed by atoms with Crippen LogP contribution in [0.5, 0.6) is 0 Å². The molecule has 16 heavy (non-hydrogen) atoms. The van der Waals surface area contributed by atoms with Crippen molar-refractivity contribution >= 4 is 5.97 Å². The lowest BCUT2D eigenvalue weighted by molar-refractivity contribution is 0.0687. The molecule has 0 atom stereocenters. The van der Waals surface area contributed by atoms with Gasteiger partial charge in [0.1, 0.15) is 0 Å². The summed E-state index contributed by atoms with van der Waals surface area (Å²) >= 11 is 0. The van der Waals surface area contributed by atoms with E-state index >= 15 is 0 Å². The molecule has 0 saturated heterocycles. The van der Waals surface area contributed by atoms with E-state index in [1.807, 2.05) is 41.5 Å². The van der Waals surface area contributed by atoms with Gasteiger partial charge < -0.3 is 5.11 Å². The second kappa shape index (κ2) is 3.57. The van der Waals surface area contributed by atoms with Crippen LogP contribution in [0.25, 0.3) is 0 Å². The van der Waals surface area contributed by atoms with Crippen LogP contribution in [0.3, 0.4) is 0 Å². The van der Waals surface area contributed by atoms with E-state index in [4.69, 9.17) is 5.11 Å². The van der Waals surface area contributed by atoms with Crippen molar-refractivity contribution in [2.45, 2.75) is 52.5 Å². The van der Waals surface area contributed by atoms with Gasteiger partial charge in [0.05, 0.1) is 11.2 Å². The van der Waals surface area contributed by atoms with Gasteiger partial charge in [-0.3, -0.25) is 0 Å². The van der Waals surface area contributed by atoms with Gasteiger partial charge in [-0.25, -0.2) is 9.48 Å². The Morgan fingerprint density at radius 3 is 2.00 bits per heavy atom. The maximum atomic E-state index is 11.1. The molecule has 0 saturated carbocycles. The third kappa shape index (κ3) is 2.23. The molecule has 0 aromatic carbocycles. The van der Waals surface area contributed by atoms with Gasteiger partial charge in [-0.1, -0.05) is 26.0 Å². The van der Waals surface area contributed by atoms with Crippen LogP contribution >= 0.6 is 0 Å². The molecule has 0 amide bonds. The fourth-order valence-electron chi connectivity index (χ4n) is 1.57. The molecular formula is C11H19N3O2. The summed E-state index contributed by atoms with van der Waals surface area (Å²) in [5.41, 5.74) is 0.128. The van der Waals surface area contributed by atoms with Crippen molar-refractivity contribution in [2.75, 3.05) is 0 Å². The van der Waals surface area contributed by atoms with Gasteiger partial charge in [-0.2, -0.15) is 0 Å². The van der Waals surface area contributed by atoms with Crippen LogP contribution in [0.2, 0.25) is 0 Å². The Kier molecular flexibility index (Phi) is 2.83. The second-order valence-electron chi connectivity index (χ2n) is 5.92. The molecule has 1 aromatic rings. The Hall–Kier alpha value is -1.39. The Morgan fingerprint density at radius 1 is 1.19 bits per heavy atom. The standard InChI is InChI=1S/C11H19N3O2/c1-10(2,3)8-7(9(15)16)12-13-14(8)11(4,5)6/h1-6H3,(H,15,16). The summed E-state index contributed by atoms with van der Waals surface area (Å²) in [5, 5.41) is 16.8. The predicted molar refractivity (Wildman–Crippen MR) is 60.7 cm³/mol. The van der Waals surface area contributed by atoms with Gasteiger partial charge in [-0.15, -0.1) is 5.10 Å². The summed E-state index contributed by atoms with van der Waals surface area (Å²) in [4.78, 5) is 11.1. The predicted octanol–water partition coefficient (Wildman–Crippen LogP) is 2.03. The van der Waals surface area contributed by atoms with E-state index in [-0.39, 0.29) is 16.6 Å². The van der Waals surface area contributed by atoms with Gasteiger partial charge >= 0.3 is 5.97 Å². The summed E-state index contributed by atoms with van der Waals surface area (Å²) < 4.78 is 1.69. The van der Waals surface area contributed by atoms with Crippen LogP contribution in [0, 0.1) is 0 Å². The lowest BCUT2D eigenvalue weighted by Crippen LogP contribution is -2.31. The number of hydrogen-bond donors (Lipinski definition) is 1. The van der Waals surface area contributed by atoms with Crippen molar-refractivity contribution < 1.29 is 9.90 Å². The minimum Gasteiger partial charge on any atom is -0.476 e. The number of nitrogens with zero attached hydrogens (tertiary/aromatic N) is 3. The molecule has 0 aliphatic rings. The largest absolute Gasteiger partial charge is 0.476 e. The van der Waals surface area contributed by atoms with Crippen LogP contribution in [0.4, 0.5) is 0 Å². The summed E-state index contributed by atoms with van der Waals surface area (Å²) in [6, 6.07) is 0. The Morgan fingerprint density at radius 2 is 1.69 bits per heavy atom. The van der Waals surface area contributed by atoms with Crippen molar-refractivity contribution in [3.8, 4) is 0 Å². The van der Waals surface area contributed by atoms with E-state index in [2.05, 4.69) is 10.3 Å². The zero-order chi connectivity index (χ0) is 12.7. The van der Waals surface area contributed by atoms with Crippen molar-refractivity contribution in [3.63, 3.8) is 0 Å². The quantitative estimate of drug-likeness (QED) is 0.794. The van der Waals surface area contributed by atoms with Crippen LogP contribution in [0.1, 0.15) is 57.7 Å². The van der Waals surface area contributed by atoms with Crippen molar-refractivity contribution in [2.24, 2.45) is 0 Å². The molecule has 0 aliphatic carbocycles. The fraction of sp³-hybridized carbons (Fsp3) is 0.727. The number of hydrogen-bond acceptors (Lipinski definition) is 3. The molecule has 90 valence electrons. The fourth-order valence-corrected chi connectivity index (χ4v) is 1.57. The van der Waals surface area contributed by atoms with E-state index in [1.54, 1.807) is 4.68 Å². The highest BCUT2D eigenvalue weighted by Crippen LogP contribution is 2.28. The minimum absolute atomic E-state index is 0.0439. The first-order valence-electron chi connectivity index (χ1n) is 5.25. The number of carbonyl (C=O) groups is 1. The van der Waals surface area contributed by atoms with Crippen LogP contribution in [-0.2, 0) is 11.0 Å². The molecule has 0 spiro atoms. The molecule has 5 nitrogen and oxygen atoms in total. The molecule has 1 heterocycles. The van der Waals surface area contributed by atoms with Gasteiger partial charge in [-0.05, 0) is 20.8 Å². The summed E-state index contributed by atoms with van der Waals surface area (Å²) in [7, 11) is 0. The molecule has 0 aliphatic heterocycles. The molecule has 1 aromatic heterocycles. The van der Waals surface area contributed by atoms with Crippen molar-refractivity contribution in [1.82, 2.24) is 15.0 Å².